The summed E-state index contributed by atoms with van der Waals surface area (Å²) in [5.74, 6) is 3.23. The molecule has 2 aliphatic rings. The molecule has 0 bridgehead atoms. The van der Waals surface area contributed by atoms with Gasteiger partial charge in [0.15, 0.2) is 0 Å². The second kappa shape index (κ2) is 10.4. The summed E-state index contributed by atoms with van der Waals surface area (Å²) in [6.45, 7) is 1.38. The van der Waals surface area contributed by atoms with Crippen LogP contribution in [-0.2, 0) is 38.1 Å². The van der Waals surface area contributed by atoms with Crippen LogP contribution in [0.5, 0.6) is 0 Å². The second-order valence-electron chi connectivity index (χ2n) is 7.39. The molecule has 1 saturated heterocycles. The molecule has 7 nitrogen and oxygen atoms in total. The third kappa shape index (κ3) is 5.59. The highest BCUT2D eigenvalue weighted by Crippen LogP contribution is 2.34. The Bertz CT molecular complexity index is 882. The van der Waals surface area contributed by atoms with E-state index in [2.05, 4.69) is 27.9 Å². The molecule has 2 aromatic rings. The Morgan fingerprint density at radius 2 is 2.10 bits per heavy atom. The van der Waals surface area contributed by atoms with Gasteiger partial charge in [-0.15, -0.1) is 11.8 Å². The zero-order valence-electron chi connectivity index (χ0n) is 16.8. The van der Waals surface area contributed by atoms with Crippen LogP contribution in [0.4, 0.5) is 5.82 Å². The Labute approximate surface area is 184 Å². The molecule has 0 saturated carbocycles. The lowest BCUT2D eigenvalue weighted by atomic mass is 10.2. The Morgan fingerprint density at radius 3 is 2.90 bits per heavy atom. The number of benzene rings is 1. The van der Waals surface area contributed by atoms with Crippen molar-refractivity contribution in [3.8, 4) is 0 Å². The highest BCUT2D eigenvalue weighted by molar-refractivity contribution is 7.99. The number of thioether (sulfide) groups is 2. The quantitative estimate of drug-likeness (QED) is 0.616. The van der Waals surface area contributed by atoms with Gasteiger partial charge in [-0.1, -0.05) is 30.3 Å². The van der Waals surface area contributed by atoms with Crippen LogP contribution < -0.4 is 10.6 Å². The van der Waals surface area contributed by atoms with Crippen LogP contribution in [0.25, 0.3) is 0 Å². The van der Waals surface area contributed by atoms with E-state index in [-0.39, 0.29) is 24.5 Å². The van der Waals surface area contributed by atoms with Crippen LogP contribution in [0.2, 0.25) is 0 Å². The van der Waals surface area contributed by atoms with E-state index in [1.165, 1.54) is 5.56 Å². The fourth-order valence-electron chi connectivity index (χ4n) is 3.55. The van der Waals surface area contributed by atoms with E-state index in [0.717, 1.165) is 48.0 Å². The molecule has 4 rings (SSSR count). The lowest BCUT2D eigenvalue weighted by Crippen LogP contribution is -2.34. The van der Waals surface area contributed by atoms with Crippen molar-refractivity contribution in [3.63, 3.8) is 0 Å². The minimum Gasteiger partial charge on any atom is -0.376 e. The van der Waals surface area contributed by atoms with Crippen LogP contribution in [0.3, 0.4) is 0 Å². The number of anilines is 1. The van der Waals surface area contributed by atoms with Crippen molar-refractivity contribution in [3.05, 3.63) is 47.2 Å². The van der Waals surface area contributed by atoms with Gasteiger partial charge in [0.25, 0.3) is 0 Å². The molecule has 160 valence electrons. The van der Waals surface area contributed by atoms with Gasteiger partial charge in [-0.05, 0) is 18.4 Å². The lowest BCUT2D eigenvalue weighted by molar-refractivity contribution is -0.122. The SMILES string of the molecule is O=C(Cn1nc2c(c1NC(=O)CSCc1ccccc1)CSC2)NC[C@H]1CCCO1. The molecule has 2 aliphatic heterocycles. The first kappa shape index (κ1) is 21.3. The van der Waals surface area contributed by atoms with Gasteiger partial charge in [0, 0.05) is 36.0 Å². The van der Waals surface area contributed by atoms with Crippen LogP contribution in [-0.4, -0.2) is 46.6 Å². The predicted molar refractivity (Wildman–Crippen MR) is 120 cm³/mol. The van der Waals surface area contributed by atoms with Crippen molar-refractivity contribution in [1.29, 1.82) is 0 Å². The zero-order valence-corrected chi connectivity index (χ0v) is 18.4. The summed E-state index contributed by atoms with van der Waals surface area (Å²) >= 11 is 3.34. The molecule has 1 atom stereocenters. The summed E-state index contributed by atoms with van der Waals surface area (Å²) in [6.07, 6.45) is 2.13. The van der Waals surface area contributed by atoms with E-state index < -0.39 is 0 Å². The van der Waals surface area contributed by atoms with Gasteiger partial charge in [-0.2, -0.15) is 16.9 Å². The molecular formula is C21H26N4O3S2. The van der Waals surface area contributed by atoms with Crippen molar-refractivity contribution in [1.82, 2.24) is 15.1 Å². The number of aromatic nitrogens is 2. The average molecular weight is 447 g/mol. The molecule has 2 amide bonds. The molecule has 0 spiro atoms. The van der Waals surface area contributed by atoms with E-state index in [1.807, 2.05) is 18.2 Å². The number of hydrogen-bond acceptors (Lipinski definition) is 6. The summed E-state index contributed by atoms with van der Waals surface area (Å²) < 4.78 is 7.18. The minimum absolute atomic E-state index is 0.0726. The summed E-state index contributed by atoms with van der Waals surface area (Å²) in [6, 6.07) is 10.1. The number of fused-ring (bicyclic) bond motifs is 1. The fourth-order valence-corrected chi connectivity index (χ4v) is 5.37. The lowest BCUT2D eigenvalue weighted by Gasteiger charge is -2.13. The monoisotopic (exact) mass is 446 g/mol. The van der Waals surface area contributed by atoms with Crippen molar-refractivity contribution in [2.24, 2.45) is 0 Å². The molecule has 1 fully saturated rings. The maximum Gasteiger partial charge on any atom is 0.241 e. The summed E-state index contributed by atoms with van der Waals surface area (Å²) in [7, 11) is 0. The number of carbonyl (C=O) groups excluding carboxylic acids is 2. The number of amides is 2. The van der Waals surface area contributed by atoms with Gasteiger partial charge in [0.05, 0.1) is 17.6 Å². The highest BCUT2D eigenvalue weighted by atomic mass is 32.2. The molecule has 1 aromatic heterocycles. The summed E-state index contributed by atoms with van der Waals surface area (Å²) in [5, 5.41) is 10.5. The molecule has 1 aromatic carbocycles. The Morgan fingerprint density at radius 1 is 1.23 bits per heavy atom. The number of nitrogens with zero attached hydrogens (tertiary/aromatic N) is 2. The van der Waals surface area contributed by atoms with Crippen LogP contribution in [0.15, 0.2) is 30.3 Å². The predicted octanol–water partition coefficient (Wildman–Crippen LogP) is 2.80. The molecule has 9 heteroatoms. The zero-order chi connectivity index (χ0) is 20.8. The van der Waals surface area contributed by atoms with Gasteiger partial charge < -0.3 is 15.4 Å². The smallest absolute Gasteiger partial charge is 0.241 e. The van der Waals surface area contributed by atoms with Crippen molar-refractivity contribution < 1.29 is 14.3 Å². The van der Waals surface area contributed by atoms with Gasteiger partial charge in [-0.25, -0.2) is 4.68 Å². The first-order chi connectivity index (χ1) is 14.7. The molecule has 0 aliphatic carbocycles. The van der Waals surface area contributed by atoms with Gasteiger partial charge >= 0.3 is 0 Å². The van der Waals surface area contributed by atoms with Gasteiger partial charge in [-0.3, -0.25) is 9.59 Å². The first-order valence-electron chi connectivity index (χ1n) is 10.1. The van der Waals surface area contributed by atoms with Crippen LogP contribution in [0.1, 0.15) is 29.7 Å². The third-order valence-corrected chi connectivity index (χ3v) is 7.04. The molecule has 0 radical (unpaired) electrons. The minimum atomic E-state index is -0.117. The van der Waals surface area contributed by atoms with E-state index >= 15 is 0 Å². The van der Waals surface area contributed by atoms with Crippen LogP contribution >= 0.6 is 23.5 Å². The largest absolute Gasteiger partial charge is 0.376 e. The summed E-state index contributed by atoms with van der Waals surface area (Å²) in [4.78, 5) is 25.0. The molecule has 0 unspecified atom stereocenters. The normalized spacial score (nSPS) is 17.7. The maximum absolute atomic E-state index is 12.5. The fraction of sp³-hybridized carbons (Fsp3) is 0.476. The number of carbonyl (C=O) groups is 2. The number of nitrogens with one attached hydrogen (secondary N) is 2. The molecule has 2 N–H and O–H groups in total. The van der Waals surface area contributed by atoms with E-state index in [4.69, 9.17) is 4.74 Å². The highest BCUT2D eigenvalue weighted by Gasteiger charge is 2.25. The second-order valence-corrected chi connectivity index (χ2v) is 9.36. The van der Waals surface area contributed by atoms with Gasteiger partial charge in [0.2, 0.25) is 11.8 Å². The Hall–Kier alpha value is -1.97. The molecule has 30 heavy (non-hydrogen) atoms. The first-order valence-corrected chi connectivity index (χ1v) is 12.5. The summed E-state index contributed by atoms with van der Waals surface area (Å²) in [5.41, 5.74) is 3.19. The van der Waals surface area contributed by atoms with Crippen molar-refractivity contribution in [2.75, 3.05) is 24.2 Å². The third-order valence-electron chi connectivity index (χ3n) is 5.07. The van der Waals surface area contributed by atoms with E-state index in [1.54, 1.807) is 28.2 Å². The number of rotatable bonds is 9. The Kier molecular flexibility index (Phi) is 7.35. The maximum atomic E-state index is 12.5. The number of hydrogen-bond donors (Lipinski definition) is 2. The average Bonchev–Trinajstić information content (AvgIpc) is 3.47. The number of ether oxygens (including phenoxy) is 1. The van der Waals surface area contributed by atoms with Crippen LogP contribution in [0, 0.1) is 0 Å². The van der Waals surface area contributed by atoms with E-state index in [9.17, 15) is 9.59 Å². The van der Waals surface area contributed by atoms with E-state index in [0.29, 0.717) is 18.1 Å². The van der Waals surface area contributed by atoms with Crippen molar-refractivity contribution >= 4 is 41.2 Å². The Balaban J connectivity index is 1.32. The standard InChI is InChI=1S/C21H26N4O3S2/c26-19(22-9-16-7-4-8-28-16)10-25-21(17-12-30-13-18(17)24-25)23-20(27)14-29-11-15-5-2-1-3-6-15/h1-3,5-6,16H,4,7-14H2,(H,22,26)(H,23,27)/t16-/m1/s1. The molecule has 3 heterocycles. The van der Waals surface area contributed by atoms with Crippen molar-refractivity contribution in [2.45, 2.75) is 42.7 Å². The van der Waals surface area contributed by atoms with Gasteiger partial charge in [0.1, 0.15) is 12.4 Å². The molecular weight excluding hydrogens is 420 g/mol. The topological polar surface area (TPSA) is 85.2 Å².